The van der Waals surface area contributed by atoms with Crippen molar-refractivity contribution in [2.75, 3.05) is 19.7 Å². The van der Waals surface area contributed by atoms with E-state index in [1.165, 1.54) is 0 Å². The van der Waals surface area contributed by atoms with Gasteiger partial charge < -0.3 is 15.7 Å². The zero-order chi connectivity index (χ0) is 8.10. The zero-order valence-corrected chi connectivity index (χ0v) is 6.47. The Bertz CT molecular complexity index is 138. The minimum absolute atomic E-state index is 0.0773. The Morgan fingerprint density at radius 2 is 2.36 bits per heavy atom. The Kier molecular flexibility index (Phi) is 3.32. The molecule has 0 bridgehead atoms. The fraction of sp³-hybridized carbons (Fsp3) is 0.857. The third-order valence-electron chi connectivity index (χ3n) is 1.79. The molecule has 0 aromatic heterocycles. The van der Waals surface area contributed by atoms with Crippen molar-refractivity contribution in [1.29, 1.82) is 0 Å². The zero-order valence-electron chi connectivity index (χ0n) is 6.47. The highest BCUT2D eigenvalue weighted by Gasteiger charge is 2.15. The van der Waals surface area contributed by atoms with Gasteiger partial charge in [0.25, 0.3) is 0 Å². The summed E-state index contributed by atoms with van der Waals surface area (Å²) in [6, 6.07) is 0.155. The minimum atomic E-state index is 0.0773. The first-order chi connectivity index (χ1) is 5.33. The van der Waals surface area contributed by atoms with E-state index in [-0.39, 0.29) is 18.6 Å². The molecule has 4 nitrogen and oxygen atoms in total. The van der Waals surface area contributed by atoms with Crippen LogP contribution in [-0.2, 0) is 4.79 Å². The predicted molar refractivity (Wildman–Crippen MR) is 41.1 cm³/mol. The predicted octanol–water partition coefficient (Wildman–Crippen LogP) is -1.15. The van der Waals surface area contributed by atoms with Gasteiger partial charge in [0.2, 0.25) is 5.91 Å². The van der Waals surface area contributed by atoms with Crippen LogP contribution in [0.4, 0.5) is 0 Å². The highest BCUT2D eigenvalue weighted by atomic mass is 16.3. The minimum Gasteiger partial charge on any atom is -0.396 e. The van der Waals surface area contributed by atoms with Gasteiger partial charge in [0.15, 0.2) is 0 Å². The van der Waals surface area contributed by atoms with Crippen LogP contribution in [0, 0.1) is 0 Å². The van der Waals surface area contributed by atoms with E-state index in [1.807, 2.05) is 0 Å². The second kappa shape index (κ2) is 4.31. The number of rotatable bonds is 2. The van der Waals surface area contributed by atoms with Crippen molar-refractivity contribution >= 4 is 5.91 Å². The molecule has 1 heterocycles. The maximum Gasteiger partial charge on any atom is 0.221 e. The Morgan fingerprint density at radius 3 is 3.09 bits per heavy atom. The Labute approximate surface area is 66.0 Å². The number of aliphatic hydroxyl groups excluding tert-OH is 1. The van der Waals surface area contributed by atoms with Crippen molar-refractivity contribution < 1.29 is 9.90 Å². The topological polar surface area (TPSA) is 61.4 Å². The van der Waals surface area contributed by atoms with E-state index in [2.05, 4.69) is 10.6 Å². The van der Waals surface area contributed by atoms with Gasteiger partial charge in [-0.2, -0.15) is 0 Å². The van der Waals surface area contributed by atoms with Gasteiger partial charge in [-0.05, 0) is 6.42 Å². The summed E-state index contributed by atoms with van der Waals surface area (Å²) in [6.45, 7) is 1.64. The molecule has 1 fully saturated rings. The van der Waals surface area contributed by atoms with E-state index < -0.39 is 0 Å². The summed E-state index contributed by atoms with van der Waals surface area (Å²) in [5.74, 6) is 0.0773. The van der Waals surface area contributed by atoms with Crippen LogP contribution >= 0.6 is 0 Å². The second-order valence-corrected chi connectivity index (χ2v) is 2.72. The Morgan fingerprint density at radius 1 is 1.55 bits per heavy atom. The third kappa shape index (κ3) is 2.86. The van der Waals surface area contributed by atoms with E-state index >= 15 is 0 Å². The SMILES string of the molecule is O=C1CC(CCO)NCCN1. The molecule has 3 N–H and O–H groups in total. The van der Waals surface area contributed by atoms with Gasteiger partial charge in [0, 0.05) is 32.2 Å². The van der Waals surface area contributed by atoms with E-state index in [1.54, 1.807) is 0 Å². The van der Waals surface area contributed by atoms with Gasteiger partial charge >= 0.3 is 0 Å². The smallest absolute Gasteiger partial charge is 0.221 e. The first-order valence-corrected chi connectivity index (χ1v) is 3.94. The highest BCUT2D eigenvalue weighted by molar-refractivity contribution is 5.76. The monoisotopic (exact) mass is 158 g/mol. The number of hydrogen-bond acceptors (Lipinski definition) is 3. The summed E-state index contributed by atoms with van der Waals surface area (Å²) in [7, 11) is 0. The van der Waals surface area contributed by atoms with Crippen LogP contribution in [-0.4, -0.2) is 36.8 Å². The third-order valence-corrected chi connectivity index (χ3v) is 1.79. The summed E-state index contributed by atoms with van der Waals surface area (Å²) in [4.78, 5) is 10.9. The summed E-state index contributed by atoms with van der Waals surface area (Å²) in [6.07, 6.45) is 1.15. The van der Waals surface area contributed by atoms with Gasteiger partial charge in [-0.1, -0.05) is 0 Å². The molecule has 11 heavy (non-hydrogen) atoms. The first-order valence-electron chi connectivity index (χ1n) is 3.94. The van der Waals surface area contributed by atoms with Crippen LogP contribution in [0.5, 0.6) is 0 Å². The summed E-state index contributed by atoms with van der Waals surface area (Å²) in [5.41, 5.74) is 0. The maximum absolute atomic E-state index is 10.9. The molecule has 1 amide bonds. The average Bonchev–Trinajstić information content (AvgIpc) is 2.15. The maximum atomic E-state index is 10.9. The molecular formula is C7H14N2O2. The summed E-state index contributed by atoms with van der Waals surface area (Å²) in [5, 5.41) is 14.5. The van der Waals surface area contributed by atoms with E-state index in [0.717, 1.165) is 6.54 Å². The summed E-state index contributed by atoms with van der Waals surface area (Å²) < 4.78 is 0. The molecule has 0 aliphatic carbocycles. The van der Waals surface area contributed by atoms with Crippen molar-refractivity contribution in [3.05, 3.63) is 0 Å². The number of carbonyl (C=O) groups excluding carboxylic acids is 1. The first kappa shape index (κ1) is 8.49. The number of carbonyl (C=O) groups is 1. The van der Waals surface area contributed by atoms with E-state index in [9.17, 15) is 4.79 Å². The van der Waals surface area contributed by atoms with Gasteiger partial charge in [0.05, 0.1) is 0 Å². The largest absolute Gasteiger partial charge is 0.396 e. The van der Waals surface area contributed by atoms with Crippen molar-refractivity contribution in [2.24, 2.45) is 0 Å². The molecule has 0 aromatic rings. The molecule has 0 saturated carbocycles. The van der Waals surface area contributed by atoms with Crippen LogP contribution in [0.2, 0.25) is 0 Å². The fourth-order valence-corrected chi connectivity index (χ4v) is 1.21. The average molecular weight is 158 g/mol. The number of hydrogen-bond donors (Lipinski definition) is 3. The van der Waals surface area contributed by atoms with Gasteiger partial charge in [-0.25, -0.2) is 0 Å². The highest BCUT2D eigenvalue weighted by Crippen LogP contribution is 1.99. The molecule has 1 atom stereocenters. The molecule has 0 spiro atoms. The Balaban J connectivity index is 2.33. The van der Waals surface area contributed by atoms with Crippen LogP contribution in [0.25, 0.3) is 0 Å². The fourth-order valence-electron chi connectivity index (χ4n) is 1.21. The van der Waals surface area contributed by atoms with Crippen molar-refractivity contribution in [3.8, 4) is 0 Å². The molecule has 1 aliphatic rings. The second-order valence-electron chi connectivity index (χ2n) is 2.72. The van der Waals surface area contributed by atoms with Crippen molar-refractivity contribution in [3.63, 3.8) is 0 Å². The lowest BCUT2D eigenvalue weighted by Crippen LogP contribution is -2.30. The van der Waals surface area contributed by atoms with Gasteiger partial charge in [-0.15, -0.1) is 0 Å². The van der Waals surface area contributed by atoms with Crippen LogP contribution in [0.3, 0.4) is 0 Å². The van der Waals surface area contributed by atoms with Crippen molar-refractivity contribution in [2.45, 2.75) is 18.9 Å². The normalized spacial score (nSPS) is 25.9. The van der Waals surface area contributed by atoms with Crippen LogP contribution < -0.4 is 10.6 Å². The lowest BCUT2D eigenvalue weighted by Gasteiger charge is -2.11. The number of amides is 1. The molecule has 1 rings (SSSR count). The van der Waals surface area contributed by atoms with Gasteiger partial charge in [0.1, 0.15) is 0 Å². The van der Waals surface area contributed by atoms with Crippen molar-refractivity contribution in [1.82, 2.24) is 10.6 Å². The Hall–Kier alpha value is -0.610. The van der Waals surface area contributed by atoms with Gasteiger partial charge in [-0.3, -0.25) is 4.79 Å². The van der Waals surface area contributed by atoms with E-state index in [0.29, 0.717) is 19.4 Å². The molecule has 1 saturated heterocycles. The molecule has 0 radical (unpaired) electrons. The molecule has 0 aromatic carbocycles. The number of nitrogens with one attached hydrogen (secondary N) is 2. The standard InChI is InChI=1S/C7H14N2O2/c10-4-1-6-5-7(11)9-3-2-8-6/h6,8,10H,1-5H2,(H,9,11). The van der Waals surface area contributed by atoms with E-state index in [4.69, 9.17) is 5.11 Å². The number of aliphatic hydroxyl groups is 1. The van der Waals surface area contributed by atoms with Crippen LogP contribution in [0.15, 0.2) is 0 Å². The molecule has 1 unspecified atom stereocenters. The summed E-state index contributed by atoms with van der Waals surface area (Å²) >= 11 is 0. The lowest BCUT2D eigenvalue weighted by atomic mass is 10.1. The molecule has 64 valence electrons. The molecule has 4 heteroatoms. The quantitative estimate of drug-likeness (QED) is 0.475. The lowest BCUT2D eigenvalue weighted by molar-refractivity contribution is -0.121. The molecule has 1 aliphatic heterocycles. The van der Waals surface area contributed by atoms with Crippen LogP contribution in [0.1, 0.15) is 12.8 Å². The molecular weight excluding hydrogens is 144 g/mol.